The first-order valence-electron chi connectivity index (χ1n) is 22.2. The molecule has 0 saturated heterocycles. The highest BCUT2D eigenvalue weighted by atomic mass is 28.5. The van der Waals surface area contributed by atoms with Gasteiger partial charge in [-0.25, -0.2) is 19.2 Å². The lowest BCUT2D eigenvalue weighted by molar-refractivity contribution is -0.139. The van der Waals surface area contributed by atoms with Gasteiger partial charge in [0.05, 0.1) is 26.4 Å². The van der Waals surface area contributed by atoms with E-state index in [1.165, 1.54) is 0 Å². The number of esters is 4. The molecule has 0 radical (unpaired) electrons. The molecule has 2 aromatic carbocycles. The summed E-state index contributed by atoms with van der Waals surface area (Å²) >= 11 is 0. The van der Waals surface area contributed by atoms with Crippen LogP contribution in [0.3, 0.4) is 0 Å². The van der Waals surface area contributed by atoms with E-state index in [4.69, 9.17) is 31.3 Å². The van der Waals surface area contributed by atoms with Crippen molar-refractivity contribution in [2.75, 3.05) is 26.4 Å². The molecule has 0 atom stereocenters. The number of ether oxygens (including phenoxy) is 4. The third kappa shape index (κ3) is 23.4. The third-order valence-electron chi connectivity index (χ3n) is 9.72. The van der Waals surface area contributed by atoms with Gasteiger partial charge in [0.1, 0.15) is 0 Å². The summed E-state index contributed by atoms with van der Waals surface area (Å²) in [6.07, 6.45) is 3.03. The Morgan fingerprint density at radius 1 is 0.391 bits per heavy atom. The molecular formula is C48H78O11Si5. The molecule has 0 bridgehead atoms. The van der Waals surface area contributed by atoms with Gasteiger partial charge in [0.15, 0.2) is 33.3 Å². The van der Waals surface area contributed by atoms with Gasteiger partial charge in [-0.05, 0) is 140 Å². The summed E-state index contributed by atoms with van der Waals surface area (Å²) in [6.45, 7) is 40.1. The quantitative estimate of drug-likeness (QED) is 0.0265. The molecular weight excluding hydrogens is 893 g/mol. The van der Waals surface area contributed by atoms with Crippen molar-refractivity contribution in [3.63, 3.8) is 0 Å². The van der Waals surface area contributed by atoms with Gasteiger partial charge in [0.2, 0.25) is 0 Å². The minimum Gasteiger partial charge on any atom is -0.462 e. The number of benzene rings is 2. The molecule has 0 aromatic heterocycles. The average Bonchev–Trinajstić information content (AvgIpc) is 3.20. The minimum absolute atomic E-state index is 0.334. The van der Waals surface area contributed by atoms with Gasteiger partial charge in [-0.15, -0.1) is 0 Å². The highest BCUT2D eigenvalue weighted by Crippen LogP contribution is 2.28. The lowest BCUT2D eigenvalue weighted by Crippen LogP contribution is -2.70. The van der Waals surface area contributed by atoms with Crippen molar-refractivity contribution < 1.29 is 50.5 Å². The van der Waals surface area contributed by atoms with Gasteiger partial charge in [0, 0.05) is 22.3 Å². The maximum Gasteiger partial charge on any atom is 0.386 e. The van der Waals surface area contributed by atoms with Crippen LogP contribution in [0, 0.1) is 0 Å². The molecule has 11 nitrogen and oxygen atoms in total. The van der Waals surface area contributed by atoms with Gasteiger partial charge in [-0.2, -0.15) is 0 Å². The molecule has 356 valence electrons. The highest BCUT2D eigenvalue weighted by Gasteiger charge is 2.50. The number of carbonyl (C=O) groups excluding carboxylic acids is 4. The van der Waals surface area contributed by atoms with E-state index >= 15 is 0 Å². The second-order valence-electron chi connectivity index (χ2n) is 18.8. The Labute approximate surface area is 390 Å². The van der Waals surface area contributed by atoms with E-state index in [1.807, 2.05) is 36.4 Å². The summed E-state index contributed by atoms with van der Waals surface area (Å²) in [7, 11) is -11.4. The van der Waals surface area contributed by atoms with Crippen LogP contribution in [0.2, 0.25) is 76.6 Å². The molecule has 0 unspecified atom stereocenters. The molecule has 2 aromatic rings. The normalized spacial score (nSPS) is 11.9. The van der Waals surface area contributed by atoms with Gasteiger partial charge < -0.3 is 31.3 Å². The summed E-state index contributed by atoms with van der Waals surface area (Å²) in [5.74, 6) is -1.39. The number of carbonyl (C=O) groups is 4. The molecule has 0 aliphatic rings. The second kappa shape index (κ2) is 27.7. The van der Waals surface area contributed by atoms with Crippen molar-refractivity contribution in [2.24, 2.45) is 0 Å². The zero-order valence-electron chi connectivity index (χ0n) is 41.1. The standard InChI is InChI=1S/C30H44O6Si3.C18H34O5Si2/c1-25(2)29(31)33-21-15-23-37(5,6)35-39(27-17-11-9-12-18-27,28-19-13-10-14-20-28)36-38(7,8)24-16-22-34-30(32)26(3)4;1-15(2)17(19)21-11-9-13-24(5,6)23-25(7,8)14-10-12-22-18(20)16(3)4/h9-14,17-20H,1,3,15-16,21-24H2,2,4-8H3;1,3,9-14H2,2,4-8H3. The van der Waals surface area contributed by atoms with Crippen molar-refractivity contribution in [2.45, 2.75) is 130 Å². The molecule has 0 N–H and O–H groups in total. The van der Waals surface area contributed by atoms with Crippen LogP contribution in [0.1, 0.15) is 53.4 Å². The lowest BCUT2D eigenvalue weighted by atomic mass is 10.4. The zero-order valence-corrected chi connectivity index (χ0v) is 46.1. The molecule has 0 saturated carbocycles. The smallest absolute Gasteiger partial charge is 0.386 e. The van der Waals surface area contributed by atoms with Crippen molar-refractivity contribution in [3.05, 3.63) is 109 Å². The van der Waals surface area contributed by atoms with Crippen LogP contribution in [0.25, 0.3) is 0 Å². The highest BCUT2D eigenvalue weighted by molar-refractivity contribution is 7.02. The van der Waals surface area contributed by atoms with E-state index in [9.17, 15) is 19.2 Å². The molecule has 0 heterocycles. The summed E-state index contributed by atoms with van der Waals surface area (Å²) < 4.78 is 42.0. The first kappa shape index (κ1) is 58.3. The van der Waals surface area contributed by atoms with Crippen molar-refractivity contribution >= 4 is 76.1 Å². The first-order chi connectivity index (χ1) is 29.6. The van der Waals surface area contributed by atoms with Gasteiger partial charge in [-0.3, -0.25) is 0 Å². The van der Waals surface area contributed by atoms with Gasteiger partial charge in [-0.1, -0.05) is 87.0 Å². The minimum atomic E-state index is -3.14. The number of hydrogen-bond acceptors (Lipinski definition) is 11. The molecule has 0 amide bonds. The predicted molar refractivity (Wildman–Crippen MR) is 272 cm³/mol. The Balaban J connectivity index is 0.000000709. The topological polar surface area (TPSA) is 133 Å². The van der Waals surface area contributed by atoms with E-state index in [-0.39, 0.29) is 23.9 Å². The lowest BCUT2D eigenvalue weighted by Gasteiger charge is -2.43. The van der Waals surface area contributed by atoms with E-state index in [1.54, 1.807) is 27.7 Å². The largest absolute Gasteiger partial charge is 0.462 e. The molecule has 0 fully saturated rings. The summed E-state index contributed by atoms with van der Waals surface area (Å²) in [6, 6.07) is 24.1. The van der Waals surface area contributed by atoms with E-state index in [0.29, 0.717) is 61.6 Å². The third-order valence-corrected chi connectivity index (χ3v) is 29.3. The van der Waals surface area contributed by atoms with Crippen LogP contribution in [0.15, 0.2) is 109 Å². The fourth-order valence-electron chi connectivity index (χ4n) is 6.61. The average molecular weight is 972 g/mol. The van der Waals surface area contributed by atoms with Crippen LogP contribution in [-0.2, 0) is 50.5 Å². The summed E-state index contributed by atoms with van der Waals surface area (Å²) in [5, 5.41) is 2.14. The van der Waals surface area contributed by atoms with Crippen LogP contribution >= 0.6 is 0 Å². The van der Waals surface area contributed by atoms with Crippen molar-refractivity contribution in [1.29, 1.82) is 0 Å². The van der Waals surface area contributed by atoms with Crippen LogP contribution in [-0.4, -0.2) is 92.1 Å². The maximum atomic E-state index is 11.8. The Bertz CT molecular complexity index is 1730. The van der Waals surface area contributed by atoms with Gasteiger partial charge in [0.25, 0.3) is 0 Å². The monoisotopic (exact) mass is 970 g/mol. The van der Waals surface area contributed by atoms with Crippen LogP contribution in [0.4, 0.5) is 0 Å². The van der Waals surface area contributed by atoms with Gasteiger partial charge >= 0.3 is 32.4 Å². The first-order valence-corrected chi connectivity index (χ1v) is 36.4. The van der Waals surface area contributed by atoms with Crippen molar-refractivity contribution in [3.8, 4) is 0 Å². The fourth-order valence-corrected chi connectivity index (χ4v) is 28.5. The molecule has 0 spiro atoms. The maximum absolute atomic E-state index is 11.8. The Hall–Kier alpha value is -3.76. The molecule has 16 heteroatoms. The molecule has 0 aliphatic heterocycles. The SMILES string of the molecule is C=C(C)C(=O)OCCC[Si](C)(C)O[Si](C)(C)CCCOC(=O)C(=C)C.C=C(C)C(=O)OCCC[Si](C)(C)O[Si](O[Si](C)(C)CCCOC(=O)C(=C)C)(c1ccccc1)c1ccccc1. The Morgan fingerprint density at radius 3 is 0.828 bits per heavy atom. The number of rotatable bonds is 28. The fraction of sp³-hybridized carbons (Fsp3) is 0.500. The van der Waals surface area contributed by atoms with E-state index < -0.39 is 41.8 Å². The van der Waals surface area contributed by atoms with Crippen LogP contribution < -0.4 is 10.4 Å². The summed E-state index contributed by atoms with van der Waals surface area (Å²) in [5.41, 5.74) is 1.65. The Kier molecular flexibility index (Phi) is 25.2. The molecule has 2 rings (SSSR count). The predicted octanol–water partition coefficient (Wildman–Crippen LogP) is 10.1. The van der Waals surface area contributed by atoms with E-state index in [2.05, 4.69) is 103 Å². The van der Waals surface area contributed by atoms with E-state index in [0.717, 1.165) is 47.4 Å². The Morgan fingerprint density at radius 2 is 0.609 bits per heavy atom. The second-order valence-corrected chi connectivity index (χ2v) is 39.7. The zero-order chi connectivity index (χ0) is 48.8. The number of hydrogen-bond donors (Lipinski definition) is 0. The van der Waals surface area contributed by atoms with Crippen molar-refractivity contribution in [1.82, 2.24) is 0 Å². The summed E-state index contributed by atoms with van der Waals surface area (Å²) in [4.78, 5) is 46.4. The van der Waals surface area contributed by atoms with Crippen LogP contribution in [0.5, 0.6) is 0 Å². The molecule has 0 aliphatic carbocycles. The molecule has 64 heavy (non-hydrogen) atoms.